The number of carbonyl (C=O) groups excluding carboxylic acids is 2. The molecule has 0 saturated carbocycles. The Balaban J connectivity index is 1.95. The fraction of sp³-hybridized carbons (Fsp3) is 0.281. The molecular formula is C32H32N2O5. The molecule has 1 fully saturated rings. The quantitative estimate of drug-likeness (QED) is 0.231. The summed E-state index contributed by atoms with van der Waals surface area (Å²) >= 11 is 0. The number of hydrogen-bond donors (Lipinski definition) is 1. The Labute approximate surface area is 228 Å². The van der Waals surface area contributed by atoms with Crippen molar-refractivity contribution in [3.8, 4) is 17.6 Å². The van der Waals surface area contributed by atoms with Crippen molar-refractivity contribution < 1.29 is 24.2 Å². The van der Waals surface area contributed by atoms with Crippen LogP contribution in [0, 0.1) is 11.3 Å². The van der Waals surface area contributed by atoms with Gasteiger partial charge in [-0.25, -0.2) is 0 Å². The number of amides is 1. The van der Waals surface area contributed by atoms with Crippen LogP contribution in [0.2, 0.25) is 0 Å². The molecule has 1 aliphatic heterocycles. The van der Waals surface area contributed by atoms with Crippen molar-refractivity contribution in [2.24, 2.45) is 0 Å². The monoisotopic (exact) mass is 524 g/mol. The van der Waals surface area contributed by atoms with Gasteiger partial charge < -0.3 is 14.6 Å². The molecule has 0 aromatic heterocycles. The maximum absolute atomic E-state index is 13.6. The molecule has 3 aromatic rings. The lowest BCUT2D eigenvalue weighted by Crippen LogP contribution is -2.29. The summed E-state index contributed by atoms with van der Waals surface area (Å²) in [5.74, 6) is -0.889. The summed E-state index contributed by atoms with van der Waals surface area (Å²) in [5, 5.41) is 20.9. The first-order valence-corrected chi connectivity index (χ1v) is 12.7. The molecule has 1 heterocycles. The van der Waals surface area contributed by atoms with Crippen LogP contribution in [0.25, 0.3) is 5.76 Å². The minimum atomic E-state index is -0.922. The van der Waals surface area contributed by atoms with Gasteiger partial charge in [0.1, 0.15) is 17.3 Å². The fourth-order valence-electron chi connectivity index (χ4n) is 4.62. The van der Waals surface area contributed by atoms with Crippen LogP contribution in [0.15, 0.2) is 72.3 Å². The first-order valence-electron chi connectivity index (χ1n) is 12.7. The zero-order chi connectivity index (χ0) is 28.5. The number of ketones is 1. The summed E-state index contributed by atoms with van der Waals surface area (Å²) in [6, 6.07) is 20.1. The van der Waals surface area contributed by atoms with Crippen LogP contribution in [-0.2, 0) is 15.0 Å². The van der Waals surface area contributed by atoms with Crippen LogP contribution in [0.4, 0.5) is 5.69 Å². The summed E-state index contributed by atoms with van der Waals surface area (Å²) < 4.78 is 11.3. The molecule has 1 N–H and O–H groups in total. The molecule has 0 radical (unpaired) electrons. The zero-order valence-corrected chi connectivity index (χ0v) is 23.0. The average Bonchev–Trinajstić information content (AvgIpc) is 3.17. The molecule has 39 heavy (non-hydrogen) atoms. The largest absolute Gasteiger partial charge is 0.507 e. The van der Waals surface area contributed by atoms with Crippen LogP contribution >= 0.6 is 0 Å². The van der Waals surface area contributed by atoms with E-state index in [4.69, 9.17) is 9.47 Å². The Bertz CT molecular complexity index is 1470. The van der Waals surface area contributed by atoms with Crippen LogP contribution < -0.4 is 14.4 Å². The summed E-state index contributed by atoms with van der Waals surface area (Å²) in [5.41, 5.74) is 2.43. The predicted octanol–water partition coefficient (Wildman–Crippen LogP) is 6.28. The third-order valence-corrected chi connectivity index (χ3v) is 6.61. The second kappa shape index (κ2) is 10.7. The molecule has 4 rings (SSSR count). The van der Waals surface area contributed by atoms with Crippen LogP contribution in [0.3, 0.4) is 0 Å². The maximum atomic E-state index is 13.6. The normalized spacial score (nSPS) is 16.9. The highest BCUT2D eigenvalue weighted by atomic mass is 16.5. The molecular weight excluding hydrogens is 492 g/mol. The van der Waals surface area contributed by atoms with Gasteiger partial charge in [0.15, 0.2) is 0 Å². The number of aliphatic hydroxyl groups excluding tert-OH is 1. The van der Waals surface area contributed by atoms with E-state index < -0.39 is 17.7 Å². The third kappa shape index (κ3) is 5.37. The highest BCUT2D eigenvalue weighted by Gasteiger charge is 2.47. The first kappa shape index (κ1) is 27.5. The zero-order valence-electron chi connectivity index (χ0n) is 23.0. The van der Waals surface area contributed by atoms with E-state index >= 15 is 0 Å². The smallest absolute Gasteiger partial charge is 0.300 e. The number of ether oxygens (including phenoxy) is 2. The molecule has 1 unspecified atom stereocenters. The molecule has 1 saturated heterocycles. The second-order valence-corrected chi connectivity index (χ2v) is 10.7. The van der Waals surface area contributed by atoms with Crippen molar-refractivity contribution in [3.63, 3.8) is 0 Å². The summed E-state index contributed by atoms with van der Waals surface area (Å²) in [6.45, 7) is 9.98. The van der Waals surface area contributed by atoms with Crippen molar-refractivity contribution in [1.82, 2.24) is 0 Å². The number of benzene rings is 3. The molecule has 0 bridgehead atoms. The molecule has 1 amide bonds. The Morgan fingerprint density at radius 1 is 1.00 bits per heavy atom. The van der Waals surface area contributed by atoms with Gasteiger partial charge in [0.25, 0.3) is 11.7 Å². The van der Waals surface area contributed by atoms with Gasteiger partial charge >= 0.3 is 0 Å². The van der Waals surface area contributed by atoms with E-state index in [2.05, 4.69) is 6.07 Å². The summed E-state index contributed by atoms with van der Waals surface area (Å²) in [6.07, 6.45) is -0.0253. The van der Waals surface area contributed by atoms with Crippen molar-refractivity contribution in [2.75, 3.05) is 12.0 Å². The number of nitrogens with zero attached hydrogens (tertiary/aromatic N) is 2. The number of methoxy groups -OCH3 is 1. The minimum absolute atomic E-state index is 0.0253. The summed E-state index contributed by atoms with van der Waals surface area (Å²) in [4.78, 5) is 28.4. The van der Waals surface area contributed by atoms with Gasteiger partial charge in [-0.05, 0) is 78.9 Å². The number of anilines is 1. The lowest BCUT2D eigenvalue weighted by Gasteiger charge is -2.26. The Hall–Kier alpha value is -4.57. The van der Waals surface area contributed by atoms with Crippen molar-refractivity contribution in [3.05, 3.63) is 94.6 Å². The SMILES string of the molecule is COc1ccc(C(C)(C)C)cc1/C(O)=C1\C(=O)C(=O)N(c2ccc(C#N)cc2)C1c1ccc(OC(C)C)cc1. The summed E-state index contributed by atoms with van der Waals surface area (Å²) in [7, 11) is 1.49. The third-order valence-electron chi connectivity index (χ3n) is 6.61. The van der Waals surface area contributed by atoms with Gasteiger partial charge in [-0.2, -0.15) is 5.26 Å². The molecule has 7 nitrogen and oxygen atoms in total. The standard InChI is InChI=1S/C32H32N2O5/c1-19(2)39-24-14-9-21(10-15-24)28-27(29(35)25-17-22(32(3,4)5)11-16-26(25)38-6)30(36)31(37)34(28)23-12-7-20(18-33)8-13-23/h7-17,19,28,35H,1-6H3/b29-27+. The molecule has 1 atom stereocenters. The number of nitriles is 1. The lowest BCUT2D eigenvalue weighted by molar-refractivity contribution is -0.132. The maximum Gasteiger partial charge on any atom is 0.300 e. The van der Waals surface area contributed by atoms with E-state index in [9.17, 15) is 20.0 Å². The van der Waals surface area contributed by atoms with Crippen LogP contribution in [-0.4, -0.2) is 30.0 Å². The van der Waals surface area contributed by atoms with Gasteiger partial charge in [-0.15, -0.1) is 0 Å². The van der Waals surface area contributed by atoms with E-state index in [-0.39, 0.29) is 22.9 Å². The lowest BCUT2D eigenvalue weighted by atomic mass is 9.85. The highest BCUT2D eigenvalue weighted by Crippen LogP contribution is 2.44. The number of hydrogen-bond acceptors (Lipinski definition) is 6. The molecule has 0 spiro atoms. The van der Waals surface area contributed by atoms with Gasteiger partial charge in [0, 0.05) is 5.69 Å². The van der Waals surface area contributed by atoms with Gasteiger partial charge in [-0.1, -0.05) is 39.0 Å². The van der Waals surface area contributed by atoms with E-state index in [0.29, 0.717) is 33.9 Å². The number of aliphatic hydroxyl groups is 1. The highest BCUT2D eigenvalue weighted by molar-refractivity contribution is 6.51. The molecule has 3 aromatic carbocycles. The van der Waals surface area contributed by atoms with E-state index in [1.54, 1.807) is 60.7 Å². The second-order valence-electron chi connectivity index (χ2n) is 10.7. The minimum Gasteiger partial charge on any atom is -0.507 e. The Morgan fingerprint density at radius 3 is 2.18 bits per heavy atom. The van der Waals surface area contributed by atoms with Crippen molar-refractivity contribution in [1.29, 1.82) is 5.26 Å². The van der Waals surface area contributed by atoms with E-state index in [1.165, 1.54) is 12.0 Å². The van der Waals surface area contributed by atoms with Gasteiger partial charge in [-0.3, -0.25) is 14.5 Å². The average molecular weight is 525 g/mol. The number of Topliss-reactive ketones (excluding diaryl/α,β-unsaturated/α-hetero) is 1. The van der Waals surface area contributed by atoms with E-state index in [0.717, 1.165) is 5.56 Å². The number of carbonyl (C=O) groups is 2. The van der Waals surface area contributed by atoms with Crippen LogP contribution in [0.1, 0.15) is 62.9 Å². The van der Waals surface area contributed by atoms with Crippen molar-refractivity contribution >= 4 is 23.1 Å². The Kier molecular flexibility index (Phi) is 7.51. The molecule has 0 aliphatic carbocycles. The van der Waals surface area contributed by atoms with Gasteiger partial charge in [0.2, 0.25) is 0 Å². The van der Waals surface area contributed by atoms with E-state index in [1.807, 2.05) is 40.7 Å². The first-order chi connectivity index (χ1) is 18.5. The molecule has 1 aliphatic rings. The fourth-order valence-corrected chi connectivity index (χ4v) is 4.62. The molecule has 200 valence electrons. The predicted molar refractivity (Wildman–Crippen MR) is 150 cm³/mol. The molecule has 7 heteroatoms. The van der Waals surface area contributed by atoms with Crippen LogP contribution in [0.5, 0.6) is 11.5 Å². The number of rotatable bonds is 6. The topological polar surface area (TPSA) is 99.9 Å². The Morgan fingerprint density at radius 2 is 1.64 bits per heavy atom. The van der Waals surface area contributed by atoms with Gasteiger partial charge in [0.05, 0.1) is 42.0 Å². The van der Waals surface area contributed by atoms with Crippen molar-refractivity contribution in [2.45, 2.75) is 52.2 Å².